The highest BCUT2D eigenvalue weighted by molar-refractivity contribution is 9.10. The van der Waals surface area contributed by atoms with E-state index >= 15 is 0 Å². The van der Waals surface area contributed by atoms with Crippen LogP contribution in [0.4, 0.5) is 0 Å². The SMILES string of the molecule is NCc1ncoc1-c1coc(Br)c1. The molecule has 2 aromatic heterocycles. The van der Waals surface area contributed by atoms with Gasteiger partial charge in [-0.1, -0.05) is 0 Å². The summed E-state index contributed by atoms with van der Waals surface area (Å²) in [6.07, 6.45) is 2.96. The maximum Gasteiger partial charge on any atom is 0.181 e. The number of aromatic nitrogens is 1. The Bertz CT molecular complexity index is 408. The van der Waals surface area contributed by atoms with E-state index in [-0.39, 0.29) is 0 Å². The summed E-state index contributed by atoms with van der Waals surface area (Å²) >= 11 is 3.20. The molecule has 2 N–H and O–H groups in total. The van der Waals surface area contributed by atoms with Gasteiger partial charge in [0.05, 0.1) is 5.56 Å². The van der Waals surface area contributed by atoms with Gasteiger partial charge in [-0.3, -0.25) is 0 Å². The van der Waals surface area contributed by atoms with E-state index in [0.717, 1.165) is 11.3 Å². The molecule has 0 aromatic carbocycles. The summed E-state index contributed by atoms with van der Waals surface area (Å²) in [6.45, 7) is 0.356. The van der Waals surface area contributed by atoms with Gasteiger partial charge in [0.2, 0.25) is 0 Å². The third-order valence-electron chi connectivity index (χ3n) is 1.66. The van der Waals surface area contributed by atoms with Gasteiger partial charge >= 0.3 is 0 Å². The molecule has 2 rings (SSSR count). The van der Waals surface area contributed by atoms with Crippen molar-refractivity contribution in [3.05, 3.63) is 29.1 Å². The maximum atomic E-state index is 5.47. The van der Waals surface area contributed by atoms with E-state index < -0.39 is 0 Å². The lowest BCUT2D eigenvalue weighted by Crippen LogP contribution is -1.97. The molecule has 0 saturated heterocycles. The number of oxazole rings is 1. The summed E-state index contributed by atoms with van der Waals surface area (Å²) in [4.78, 5) is 3.97. The van der Waals surface area contributed by atoms with Crippen LogP contribution in [0, 0.1) is 0 Å². The molecule has 0 bridgehead atoms. The fourth-order valence-electron chi connectivity index (χ4n) is 1.08. The summed E-state index contributed by atoms with van der Waals surface area (Å²) in [5, 5.41) is 0. The molecule has 0 unspecified atom stereocenters. The summed E-state index contributed by atoms with van der Waals surface area (Å²) in [7, 11) is 0. The smallest absolute Gasteiger partial charge is 0.181 e. The van der Waals surface area contributed by atoms with Gasteiger partial charge in [-0.15, -0.1) is 0 Å². The molecular formula is C8H7BrN2O2. The zero-order valence-corrected chi connectivity index (χ0v) is 8.24. The average Bonchev–Trinajstić information content (AvgIpc) is 2.71. The van der Waals surface area contributed by atoms with Gasteiger partial charge in [-0.2, -0.15) is 0 Å². The fraction of sp³-hybridized carbons (Fsp3) is 0.125. The molecule has 0 aliphatic carbocycles. The fourth-order valence-corrected chi connectivity index (χ4v) is 1.42. The third-order valence-corrected chi connectivity index (χ3v) is 2.08. The normalized spacial score (nSPS) is 10.6. The van der Waals surface area contributed by atoms with Crippen LogP contribution in [0.15, 0.2) is 32.2 Å². The first-order valence-electron chi connectivity index (χ1n) is 3.68. The van der Waals surface area contributed by atoms with Gasteiger partial charge in [0.15, 0.2) is 16.8 Å². The molecule has 0 radical (unpaired) electrons. The predicted octanol–water partition coefficient (Wildman–Crippen LogP) is 2.16. The lowest BCUT2D eigenvalue weighted by molar-refractivity contribution is 0.537. The van der Waals surface area contributed by atoms with Crippen molar-refractivity contribution < 1.29 is 8.83 Å². The minimum Gasteiger partial charge on any atom is -0.457 e. The summed E-state index contributed by atoms with van der Waals surface area (Å²) < 4.78 is 10.9. The van der Waals surface area contributed by atoms with Crippen molar-refractivity contribution in [3.63, 3.8) is 0 Å². The van der Waals surface area contributed by atoms with E-state index in [0.29, 0.717) is 17.0 Å². The van der Waals surface area contributed by atoms with Crippen LogP contribution in [0.3, 0.4) is 0 Å². The lowest BCUT2D eigenvalue weighted by atomic mass is 10.2. The van der Waals surface area contributed by atoms with Crippen molar-refractivity contribution in [1.29, 1.82) is 0 Å². The second-order valence-electron chi connectivity index (χ2n) is 2.47. The number of rotatable bonds is 2. The predicted molar refractivity (Wildman–Crippen MR) is 49.8 cm³/mol. The molecule has 0 atom stereocenters. The molecule has 4 nitrogen and oxygen atoms in total. The van der Waals surface area contributed by atoms with Crippen LogP contribution in [-0.2, 0) is 6.54 Å². The Balaban J connectivity index is 2.45. The monoisotopic (exact) mass is 242 g/mol. The van der Waals surface area contributed by atoms with E-state index in [2.05, 4.69) is 20.9 Å². The number of hydrogen-bond donors (Lipinski definition) is 1. The number of nitrogens with two attached hydrogens (primary N) is 1. The van der Waals surface area contributed by atoms with Gasteiger partial charge in [0, 0.05) is 12.6 Å². The highest BCUT2D eigenvalue weighted by Crippen LogP contribution is 2.27. The van der Waals surface area contributed by atoms with Gasteiger partial charge in [-0.05, 0) is 15.9 Å². The summed E-state index contributed by atoms with van der Waals surface area (Å²) in [5.41, 5.74) is 7.04. The molecular weight excluding hydrogens is 236 g/mol. The second kappa shape index (κ2) is 3.35. The topological polar surface area (TPSA) is 65.2 Å². The lowest BCUT2D eigenvalue weighted by Gasteiger charge is -1.91. The summed E-state index contributed by atoms with van der Waals surface area (Å²) in [6, 6.07) is 1.81. The van der Waals surface area contributed by atoms with Crippen LogP contribution in [0.2, 0.25) is 0 Å². The van der Waals surface area contributed by atoms with E-state index in [9.17, 15) is 0 Å². The highest BCUT2D eigenvalue weighted by atomic mass is 79.9. The molecule has 0 aliphatic rings. The van der Waals surface area contributed by atoms with Crippen LogP contribution in [-0.4, -0.2) is 4.98 Å². The van der Waals surface area contributed by atoms with Crippen LogP contribution in [0.1, 0.15) is 5.69 Å². The molecule has 0 saturated carbocycles. The quantitative estimate of drug-likeness (QED) is 0.877. The van der Waals surface area contributed by atoms with E-state index in [1.807, 2.05) is 0 Å². The third kappa shape index (κ3) is 1.52. The number of nitrogens with zero attached hydrogens (tertiary/aromatic N) is 1. The zero-order chi connectivity index (χ0) is 9.26. The zero-order valence-electron chi connectivity index (χ0n) is 6.66. The van der Waals surface area contributed by atoms with Gasteiger partial charge < -0.3 is 14.6 Å². The average molecular weight is 243 g/mol. The van der Waals surface area contributed by atoms with Crippen molar-refractivity contribution in [2.45, 2.75) is 6.54 Å². The first-order chi connectivity index (χ1) is 6.31. The molecule has 0 spiro atoms. The Morgan fingerprint density at radius 2 is 2.31 bits per heavy atom. The largest absolute Gasteiger partial charge is 0.457 e. The molecule has 5 heteroatoms. The number of furan rings is 1. The minimum absolute atomic E-state index is 0.356. The molecule has 0 fully saturated rings. The second-order valence-corrected chi connectivity index (χ2v) is 3.25. The molecule has 2 heterocycles. The molecule has 0 amide bonds. The first-order valence-corrected chi connectivity index (χ1v) is 4.47. The Kier molecular flexibility index (Phi) is 2.20. The number of halogens is 1. The highest BCUT2D eigenvalue weighted by Gasteiger charge is 2.11. The Labute approximate surface area is 82.9 Å². The van der Waals surface area contributed by atoms with Gasteiger partial charge in [0.25, 0.3) is 0 Å². The first kappa shape index (κ1) is 8.52. The van der Waals surface area contributed by atoms with Crippen LogP contribution < -0.4 is 5.73 Å². The summed E-state index contributed by atoms with van der Waals surface area (Å²) in [5.74, 6) is 0.664. The van der Waals surface area contributed by atoms with E-state index in [1.54, 1.807) is 12.3 Å². The molecule has 0 aliphatic heterocycles. The maximum absolute atomic E-state index is 5.47. The van der Waals surface area contributed by atoms with Crippen molar-refractivity contribution >= 4 is 15.9 Å². The van der Waals surface area contributed by atoms with Crippen molar-refractivity contribution in [1.82, 2.24) is 4.98 Å². The number of hydrogen-bond acceptors (Lipinski definition) is 4. The standard InChI is InChI=1S/C8H7BrN2O2/c9-7-1-5(3-12-7)8-6(2-10)11-4-13-8/h1,3-4H,2,10H2. The Morgan fingerprint density at radius 3 is 2.92 bits per heavy atom. The minimum atomic E-state index is 0.356. The van der Waals surface area contributed by atoms with Crippen molar-refractivity contribution in [3.8, 4) is 11.3 Å². The van der Waals surface area contributed by atoms with E-state index in [1.165, 1.54) is 6.39 Å². The van der Waals surface area contributed by atoms with Gasteiger partial charge in [-0.25, -0.2) is 4.98 Å². The van der Waals surface area contributed by atoms with Crippen LogP contribution in [0.5, 0.6) is 0 Å². The Hall–Kier alpha value is -1.07. The molecule has 68 valence electrons. The van der Waals surface area contributed by atoms with Crippen molar-refractivity contribution in [2.75, 3.05) is 0 Å². The molecule has 2 aromatic rings. The Morgan fingerprint density at radius 1 is 1.46 bits per heavy atom. The van der Waals surface area contributed by atoms with E-state index in [4.69, 9.17) is 14.6 Å². The van der Waals surface area contributed by atoms with Crippen LogP contribution in [0.25, 0.3) is 11.3 Å². The van der Waals surface area contributed by atoms with Gasteiger partial charge in [0.1, 0.15) is 12.0 Å². The molecule has 13 heavy (non-hydrogen) atoms. The van der Waals surface area contributed by atoms with Crippen LogP contribution >= 0.6 is 15.9 Å². The van der Waals surface area contributed by atoms with Crippen molar-refractivity contribution in [2.24, 2.45) is 5.73 Å².